The zero-order chi connectivity index (χ0) is 103. The van der Waals surface area contributed by atoms with Gasteiger partial charge in [0.25, 0.3) is 0 Å². The molecule has 0 spiro atoms. The lowest BCUT2D eigenvalue weighted by atomic mass is 10.2. The first-order valence-corrected chi connectivity index (χ1v) is 59.0. The maximum absolute atomic E-state index is 12.1. The second-order valence-electron chi connectivity index (χ2n) is 33.2. The van der Waals surface area contributed by atoms with Crippen molar-refractivity contribution in [1.82, 2.24) is 41.2 Å². The number of nitrogens with one attached hydrogen (secondary N) is 4. The Morgan fingerprint density at radius 1 is 0.293 bits per heavy atom. The number of hydrogen-bond donors (Lipinski definition) is 20. The third-order valence-corrected chi connectivity index (χ3v) is 41.4. The smallest absolute Gasteiger partial charge is 0.366 e. The predicted molar refractivity (Wildman–Crippen MR) is 521 cm³/mol. The average Bonchev–Trinajstić information content (AvgIpc) is 0.770. The van der Waals surface area contributed by atoms with Crippen molar-refractivity contribution in [2.75, 3.05) is 79.3 Å². The Morgan fingerprint density at radius 3 is 0.757 bits per heavy atom. The summed E-state index contributed by atoms with van der Waals surface area (Å²) in [5.41, 5.74) is 13.9. The highest BCUT2D eigenvalue weighted by atomic mass is 31.2. The second kappa shape index (κ2) is 48.2. The molecule has 0 bridgehead atoms. The third kappa shape index (κ3) is 28.1. The van der Waals surface area contributed by atoms with Crippen LogP contribution in [0.1, 0.15) is 104 Å². The molecule has 4 amide bonds. The molecule has 0 aliphatic rings. The van der Waals surface area contributed by atoms with Gasteiger partial charge < -0.3 is 119 Å². The normalized spacial score (nSPS) is 15.5. The highest BCUT2D eigenvalue weighted by Gasteiger charge is 2.59. The van der Waals surface area contributed by atoms with E-state index in [1.54, 1.807) is 6.07 Å². The van der Waals surface area contributed by atoms with Gasteiger partial charge in [0.1, 0.15) is 49.3 Å². The minimum Gasteiger partial charge on any atom is -0.491 e. The lowest BCUT2D eigenvalue weighted by Gasteiger charge is -2.30. The zero-order valence-corrected chi connectivity index (χ0v) is 85.1. The van der Waals surface area contributed by atoms with Gasteiger partial charge in [-0.05, 0) is 114 Å². The molecule has 0 saturated carbocycles. The molecule has 8 unspecified atom stereocenters. The summed E-state index contributed by atoms with van der Waals surface area (Å²) in [5, 5.41) is 37.9. The quantitative estimate of drug-likeness (QED) is 0.00741. The molecule has 0 saturated heterocycles. The fraction of sp³-hybridized carbons (Fsp3) is 0.409. The van der Waals surface area contributed by atoms with Gasteiger partial charge in [-0.2, -0.15) is 18.3 Å². The Kier molecular flexibility index (Phi) is 39.3. The summed E-state index contributed by atoms with van der Waals surface area (Å²) in [7, 11) is -35.3. The molecule has 12 rings (SSSR count). The van der Waals surface area contributed by atoms with Gasteiger partial charge in [0.05, 0.1) is 26.4 Å². The Balaban J connectivity index is 0.000000209. The van der Waals surface area contributed by atoms with E-state index in [9.17, 15) is 135 Å². The minimum atomic E-state index is -5.31. The maximum Gasteiger partial charge on any atom is 0.366 e. The number of para-hydroxylation sites is 12. The van der Waals surface area contributed by atoms with Crippen LogP contribution in [0.25, 0.3) is 88.3 Å². The number of amides is 4. The first-order valence-electron chi connectivity index (χ1n) is 44.2. The summed E-state index contributed by atoms with van der Waals surface area (Å²) >= 11 is 0. The molecule has 760 valence electrons. The van der Waals surface area contributed by atoms with E-state index in [0.29, 0.717) is 91.9 Å². The van der Waals surface area contributed by atoms with Crippen molar-refractivity contribution in [3.63, 3.8) is 0 Å². The van der Waals surface area contributed by atoms with Crippen LogP contribution in [0.4, 0.5) is 0 Å². The molecular weight excluding hydrogens is 1980 g/mol. The summed E-state index contributed by atoms with van der Waals surface area (Å²) in [6, 6.07) is 53.9. The number of ether oxygens (including phenoxy) is 4. The predicted octanol–water partition coefficient (Wildman–Crippen LogP) is 8.15. The molecule has 44 nitrogen and oxygen atoms in total. The molecule has 8 aromatic carbocycles. The molecule has 52 heteroatoms. The van der Waals surface area contributed by atoms with Gasteiger partial charge >= 0.3 is 30.4 Å². The standard InChI is InChI=1S/C23H31N3O8P2.2C22H29N3O8P2.C21H27N3O8P2/c1-3-26-18-10-5-4-9-17(18)25-22-19(26)11-6-12-20(22)34-16-7-13-21(27)24-15-8-14-23(28,35(2,29)30)36(31,32)33;1-25-17-9-4-3-8-16(17)24-21-18(25)10-5-11-19(21)33-15-6-12-20(26)23-14-7-13-22(27,34(2,28)29)35(30,31)32;1-3-25-17-9-5-4-8-16(17)24-21-18(25)10-6-11-19(21)33-15-7-12-20(26)23-14-13-22(27,34(2,28)29)35(30,31)32;1-24-16-8-4-3-7-15(16)23-20-17(24)9-5-10-18(20)32-14-6-11-19(25)22-13-12-21(26,33(2,27)28)34(29,30)31/h4-6,9-12,28H,3,7-8,13-16H2,1-2H3,(H3-,24,27,29,30,31,32,33);3-5,8-11,27H,6-7,12-15H2,1-2H3,(H3-,23,26,28,29,30,31,32);4-6,8-11,27H,3,7,12-15H2,1-2H3,(H3-,23,26,28,29,30,31,32);3-5,7-10,26H,6,11-14H2,1-2H3,(H3-,22,25,27,28,29,30,31)/p+4. The second-order valence-corrected chi connectivity index (χ2v) is 51.9. The Labute approximate surface area is 804 Å². The lowest BCUT2D eigenvalue weighted by Crippen LogP contribution is -2.35. The van der Waals surface area contributed by atoms with Crippen molar-refractivity contribution >= 4 is 172 Å². The largest absolute Gasteiger partial charge is 0.491 e. The Hall–Kier alpha value is -9.56. The van der Waals surface area contributed by atoms with Crippen molar-refractivity contribution in [3.05, 3.63) is 170 Å². The molecule has 140 heavy (non-hydrogen) atoms. The first kappa shape index (κ1) is 114. The van der Waals surface area contributed by atoms with Crippen LogP contribution in [0.15, 0.2) is 170 Å². The fourth-order valence-corrected chi connectivity index (χ4v) is 26.8. The third-order valence-electron chi connectivity index (χ3n) is 22.9. The number of aryl methyl sites for hydroxylation is 4. The molecule has 0 aliphatic carbocycles. The van der Waals surface area contributed by atoms with Gasteiger partial charge in [-0.25, -0.2) is 19.9 Å². The van der Waals surface area contributed by atoms with E-state index < -0.39 is 118 Å². The number of benzene rings is 8. The van der Waals surface area contributed by atoms with E-state index >= 15 is 0 Å². The van der Waals surface area contributed by atoms with E-state index in [-0.39, 0.29) is 103 Å². The van der Waals surface area contributed by atoms with Crippen molar-refractivity contribution < 1.29 is 172 Å². The van der Waals surface area contributed by atoms with Gasteiger partial charge in [-0.15, -0.1) is 0 Å². The monoisotopic (exact) mass is 2100 g/mol. The summed E-state index contributed by atoms with van der Waals surface area (Å²) in [4.78, 5) is 180. The first-order chi connectivity index (χ1) is 65.5. The van der Waals surface area contributed by atoms with Crippen molar-refractivity contribution in [2.24, 2.45) is 14.1 Å². The highest BCUT2D eigenvalue weighted by molar-refractivity contribution is 7.76. The van der Waals surface area contributed by atoms with Crippen LogP contribution in [0.3, 0.4) is 0 Å². The van der Waals surface area contributed by atoms with E-state index in [1.807, 2.05) is 187 Å². The van der Waals surface area contributed by atoms with E-state index in [4.69, 9.17) is 38.9 Å². The van der Waals surface area contributed by atoms with Gasteiger partial charge in [0.2, 0.25) is 118 Å². The molecule has 20 N–H and O–H groups in total. The van der Waals surface area contributed by atoms with Gasteiger partial charge in [-0.1, -0.05) is 72.8 Å². The number of aromatic nitrogens is 8. The van der Waals surface area contributed by atoms with Crippen molar-refractivity contribution in [2.45, 2.75) is 137 Å². The molecule has 8 atom stereocenters. The lowest BCUT2D eigenvalue weighted by molar-refractivity contribution is -0.642. The molecule has 4 aromatic heterocycles. The van der Waals surface area contributed by atoms with Crippen molar-refractivity contribution in [3.8, 4) is 23.0 Å². The van der Waals surface area contributed by atoms with E-state index in [0.717, 1.165) is 84.8 Å². The zero-order valence-electron chi connectivity index (χ0n) is 78.0. The Morgan fingerprint density at radius 2 is 0.507 bits per heavy atom. The van der Waals surface area contributed by atoms with E-state index in [2.05, 4.69) is 44.2 Å². The highest BCUT2D eigenvalue weighted by Crippen LogP contribution is 2.72. The summed E-state index contributed by atoms with van der Waals surface area (Å²) in [5.74, 6) is 0.861. The van der Waals surface area contributed by atoms with Crippen LogP contribution >= 0.6 is 59.9 Å². The number of carbonyl (C=O) groups is 4. The molecule has 12 aromatic rings. The topological polar surface area (TPSA) is 681 Å². The molecular formula is C88H120N12O32P8+4. The molecule has 0 radical (unpaired) electrons. The number of hydrogen-bond acceptors (Lipinski definition) is 24. The van der Waals surface area contributed by atoms with Crippen LogP contribution in [0, 0.1) is 0 Å². The van der Waals surface area contributed by atoms with Gasteiger partial charge in [0, 0.05) is 140 Å². The summed E-state index contributed by atoms with van der Waals surface area (Å²) in [6.07, 6.45) is -1.08. The van der Waals surface area contributed by atoms with Crippen LogP contribution in [-0.2, 0) is 82.9 Å². The van der Waals surface area contributed by atoms with Crippen LogP contribution < -0.4 is 58.5 Å². The van der Waals surface area contributed by atoms with Gasteiger partial charge in [0.15, 0.2) is 45.1 Å². The van der Waals surface area contributed by atoms with E-state index in [1.165, 1.54) is 0 Å². The average molecular weight is 2110 g/mol. The maximum atomic E-state index is 12.1. The molecule has 0 aliphatic heterocycles. The fourth-order valence-electron chi connectivity index (χ4n) is 15.1. The van der Waals surface area contributed by atoms with Crippen molar-refractivity contribution in [1.29, 1.82) is 0 Å². The SMILES string of the molecule is CC[n+]1c2ccccc2nc2c(OCCCC(=O)NCCC(O)(P(C)(=O)O)P(=O)(O)O)cccc21.CC[n+]1c2ccccc2nc2c(OCCCC(=O)NCCCC(O)(P(C)(=O)O)P(=O)(O)O)cccc21.C[n+]1c2ccccc2nc2c(OCCCC(=O)NCCC(O)(P(C)(=O)O)P(=O)(O)O)cccc21.C[n+]1c2ccccc2nc2c(OCCCC(=O)NCCCC(O)(P(C)(=O)O)P(=O)(O)O)cccc21. The number of fused-ring (bicyclic) bond motifs is 8. The Bertz CT molecular complexity index is 6820. The molecule has 4 heterocycles. The van der Waals surface area contributed by atoms with Gasteiger partial charge in [-0.3, -0.25) is 55.7 Å². The number of carbonyl (C=O) groups excluding carboxylic acids is 4. The summed E-state index contributed by atoms with van der Waals surface area (Å²) in [6.45, 7) is 8.55. The van der Waals surface area contributed by atoms with Crippen LogP contribution in [0.5, 0.6) is 23.0 Å². The minimum absolute atomic E-state index is 0.0145. The molecule has 0 fully saturated rings. The van der Waals surface area contributed by atoms with Crippen LogP contribution in [-0.4, -0.2) is 222 Å². The number of nitrogens with zero attached hydrogens (tertiary/aromatic N) is 8. The summed E-state index contributed by atoms with van der Waals surface area (Å²) < 4.78 is 125. The van der Waals surface area contributed by atoms with Crippen LogP contribution in [0.2, 0.25) is 0 Å². The number of rotatable bonds is 44. The number of aliphatic hydroxyl groups is 4.